The van der Waals surface area contributed by atoms with Gasteiger partial charge in [-0.3, -0.25) is 0 Å². The molecule has 0 bridgehead atoms. The zero-order valence-electron chi connectivity index (χ0n) is 6.62. The van der Waals surface area contributed by atoms with Crippen molar-refractivity contribution in [1.29, 1.82) is 0 Å². The van der Waals surface area contributed by atoms with Crippen LogP contribution < -0.4 is 0 Å². The maximum absolute atomic E-state index is 5.43. The van der Waals surface area contributed by atoms with Crippen molar-refractivity contribution in [2.45, 2.75) is 5.16 Å². The highest BCUT2D eigenvalue weighted by molar-refractivity contribution is 7.99. The number of aromatic amines is 1. The summed E-state index contributed by atoms with van der Waals surface area (Å²) < 4.78 is 5.19. The molecule has 0 atom stereocenters. The topological polar surface area (TPSA) is 37.9 Å². The molecule has 3 nitrogen and oxygen atoms in total. The van der Waals surface area contributed by atoms with Crippen LogP contribution in [0.2, 0.25) is 0 Å². The number of halogens is 1. The molecular weight excluding hydrogens is 196 g/mol. The number of imidazole rings is 1. The van der Waals surface area contributed by atoms with Crippen molar-refractivity contribution in [3.63, 3.8) is 0 Å². The van der Waals surface area contributed by atoms with Gasteiger partial charge in [0.25, 0.3) is 0 Å². The smallest absolute Gasteiger partial charge is 0.165 e. The van der Waals surface area contributed by atoms with Gasteiger partial charge in [-0.15, -0.1) is 11.6 Å². The lowest BCUT2D eigenvalue weighted by molar-refractivity contribution is 0.166. The fraction of sp³-hybridized carbons (Fsp3) is 0.571. The maximum Gasteiger partial charge on any atom is 0.165 e. The Hall–Kier alpha value is -0.190. The van der Waals surface area contributed by atoms with Crippen molar-refractivity contribution in [3.8, 4) is 0 Å². The zero-order valence-corrected chi connectivity index (χ0v) is 8.20. The van der Waals surface area contributed by atoms with Crippen molar-refractivity contribution in [3.05, 3.63) is 12.4 Å². The molecule has 0 radical (unpaired) electrons. The van der Waals surface area contributed by atoms with Gasteiger partial charge in [0.2, 0.25) is 0 Å². The van der Waals surface area contributed by atoms with Crippen LogP contribution in [0.4, 0.5) is 0 Å². The zero-order chi connectivity index (χ0) is 8.65. The van der Waals surface area contributed by atoms with Gasteiger partial charge >= 0.3 is 0 Å². The predicted molar refractivity (Wildman–Crippen MR) is 50.9 cm³/mol. The van der Waals surface area contributed by atoms with E-state index in [1.54, 1.807) is 18.0 Å². The van der Waals surface area contributed by atoms with Gasteiger partial charge in [0.1, 0.15) is 0 Å². The standard InChI is InChI=1S/C7H11ClN2OS/c8-1-4-11-5-6-12-7-9-2-3-10-7/h2-3H,1,4-6H2,(H,9,10). The van der Waals surface area contributed by atoms with Crippen molar-refractivity contribution < 1.29 is 4.74 Å². The highest BCUT2D eigenvalue weighted by Gasteiger charge is 1.94. The summed E-state index contributed by atoms with van der Waals surface area (Å²) >= 11 is 7.07. The van der Waals surface area contributed by atoms with E-state index in [9.17, 15) is 0 Å². The molecule has 12 heavy (non-hydrogen) atoms. The molecule has 0 aromatic carbocycles. The Labute approximate surface area is 80.9 Å². The Kier molecular flexibility index (Phi) is 5.23. The fourth-order valence-electron chi connectivity index (χ4n) is 0.684. The number of nitrogens with zero attached hydrogens (tertiary/aromatic N) is 1. The van der Waals surface area contributed by atoms with Crippen molar-refractivity contribution in [2.24, 2.45) is 0 Å². The number of hydrogen-bond donors (Lipinski definition) is 1. The quantitative estimate of drug-likeness (QED) is 0.438. The van der Waals surface area contributed by atoms with Crippen molar-refractivity contribution >= 4 is 23.4 Å². The highest BCUT2D eigenvalue weighted by atomic mass is 35.5. The predicted octanol–water partition coefficient (Wildman–Crippen LogP) is 1.76. The number of rotatable bonds is 6. The normalized spacial score (nSPS) is 10.4. The minimum absolute atomic E-state index is 0.561. The minimum Gasteiger partial charge on any atom is -0.379 e. The molecular formula is C7H11ClN2OS. The molecule has 0 amide bonds. The number of H-pyrrole nitrogens is 1. The van der Waals surface area contributed by atoms with E-state index in [0.29, 0.717) is 12.5 Å². The van der Waals surface area contributed by atoms with E-state index in [1.807, 2.05) is 6.20 Å². The van der Waals surface area contributed by atoms with Crippen LogP contribution in [-0.2, 0) is 4.74 Å². The second-order valence-electron chi connectivity index (χ2n) is 2.04. The molecule has 0 unspecified atom stereocenters. The second-order valence-corrected chi connectivity index (χ2v) is 3.51. The Morgan fingerprint density at radius 3 is 3.17 bits per heavy atom. The first-order valence-corrected chi connectivity index (χ1v) is 5.21. The fourth-order valence-corrected chi connectivity index (χ4v) is 1.47. The van der Waals surface area contributed by atoms with E-state index in [2.05, 4.69) is 9.97 Å². The molecule has 1 heterocycles. The summed E-state index contributed by atoms with van der Waals surface area (Å²) in [6.07, 6.45) is 3.55. The van der Waals surface area contributed by atoms with Crippen molar-refractivity contribution in [1.82, 2.24) is 9.97 Å². The largest absolute Gasteiger partial charge is 0.379 e. The molecule has 5 heteroatoms. The number of nitrogens with one attached hydrogen (secondary N) is 1. The van der Waals surface area contributed by atoms with Gasteiger partial charge in [0.15, 0.2) is 5.16 Å². The minimum atomic E-state index is 0.561. The lowest BCUT2D eigenvalue weighted by Gasteiger charge is -1.99. The first-order valence-electron chi connectivity index (χ1n) is 3.69. The molecule has 1 N–H and O–H groups in total. The molecule has 0 aliphatic heterocycles. The summed E-state index contributed by atoms with van der Waals surface area (Å²) in [5.74, 6) is 1.47. The monoisotopic (exact) mass is 206 g/mol. The summed E-state index contributed by atoms with van der Waals surface area (Å²) in [6, 6.07) is 0. The van der Waals surface area contributed by atoms with Gasteiger partial charge in [-0.1, -0.05) is 11.8 Å². The van der Waals surface area contributed by atoms with Gasteiger partial charge in [-0.25, -0.2) is 4.98 Å². The van der Waals surface area contributed by atoms with Crippen LogP contribution in [0.25, 0.3) is 0 Å². The molecule has 1 aromatic rings. The summed E-state index contributed by atoms with van der Waals surface area (Å²) in [7, 11) is 0. The van der Waals surface area contributed by atoms with Gasteiger partial charge in [0, 0.05) is 24.0 Å². The highest BCUT2D eigenvalue weighted by Crippen LogP contribution is 2.10. The number of ether oxygens (including phenoxy) is 1. The number of hydrogen-bond acceptors (Lipinski definition) is 3. The maximum atomic E-state index is 5.43. The summed E-state index contributed by atoms with van der Waals surface area (Å²) in [6.45, 7) is 1.35. The number of alkyl halides is 1. The summed E-state index contributed by atoms with van der Waals surface area (Å²) in [4.78, 5) is 7.06. The lowest BCUT2D eigenvalue weighted by Crippen LogP contribution is -1.99. The summed E-state index contributed by atoms with van der Waals surface area (Å²) in [5.41, 5.74) is 0. The SMILES string of the molecule is ClCCOCCSc1ncc[nH]1. The van der Waals surface area contributed by atoms with Crippen LogP contribution in [0.1, 0.15) is 0 Å². The average molecular weight is 207 g/mol. The van der Waals surface area contributed by atoms with Crippen LogP contribution in [0, 0.1) is 0 Å². The molecule has 0 aliphatic carbocycles. The third-order valence-corrected chi connectivity index (χ3v) is 2.18. The van der Waals surface area contributed by atoms with E-state index in [0.717, 1.165) is 17.5 Å². The molecule has 1 rings (SSSR count). The Balaban J connectivity index is 1.96. The first-order chi connectivity index (χ1) is 5.93. The lowest BCUT2D eigenvalue weighted by atomic mass is 10.8. The van der Waals surface area contributed by atoms with Gasteiger partial charge in [-0.05, 0) is 0 Å². The first kappa shape index (κ1) is 9.89. The van der Waals surface area contributed by atoms with Gasteiger partial charge in [0.05, 0.1) is 13.2 Å². The van der Waals surface area contributed by atoms with Crippen LogP contribution in [0.5, 0.6) is 0 Å². The number of thioether (sulfide) groups is 1. The third kappa shape index (κ3) is 3.99. The van der Waals surface area contributed by atoms with Gasteiger partial charge < -0.3 is 9.72 Å². The Morgan fingerprint density at radius 2 is 2.50 bits per heavy atom. The van der Waals surface area contributed by atoms with Gasteiger partial charge in [-0.2, -0.15) is 0 Å². The average Bonchev–Trinajstić information content (AvgIpc) is 2.57. The van der Waals surface area contributed by atoms with Crippen LogP contribution in [0.15, 0.2) is 17.6 Å². The number of aromatic nitrogens is 2. The Bertz CT molecular complexity index is 193. The van der Waals surface area contributed by atoms with E-state index < -0.39 is 0 Å². The molecule has 0 aliphatic rings. The van der Waals surface area contributed by atoms with Crippen LogP contribution in [0.3, 0.4) is 0 Å². The molecule has 1 aromatic heterocycles. The van der Waals surface area contributed by atoms with E-state index in [1.165, 1.54) is 0 Å². The van der Waals surface area contributed by atoms with E-state index in [4.69, 9.17) is 16.3 Å². The van der Waals surface area contributed by atoms with E-state index in [-0.39, 0.29) is 0 Å². The third-order valence-electron chi connectivity index (χ3n) is 1.16. The van der Waals surface area contributed by atoms with Crippen LogP contribution in [-0.4, -0.2) is 34.8 Å². The molecule has 0 spiro atoms. The van der Waals surface area contributed by atoms with E-state index >= 15 is 0 Å². The Morgan fingerprint density at radius 1 is 1.58 bits per heavy atom. The van der Waals surface area contributed by atoms with Crippen LogP contribution >= 0.6 is 23.4 Å². The molecule has 0 fully saturated rings. The van der Waals surface area contributed by atoms with Crippen molar-refractivity contribution in [2.75, 3.05) is 24.8 Å². The molecule has 68 valence electrons. The summed E-state index contributed by atoms with van der Waals surface area (Å²) in [5, 5.41) is 0.935. The molecule has 0 saturated carbocycles. The second kappa shape index (κ2) is 6.34. The molecule has 0 saturated heterocycles.